The van der Waals surface area contributed by atoms with Gasteiger partial charge in [-0.1, -0.05) is 0 Å². The molecule has 1 aliphatic heterocycles. The molecule has 0 aromatic carbocycles. The van der Waals surface area contributed by atoms with Gasteiger partial charge in [-0.3, -0.25) is 4.79 Å². The van der Waals surface area contributed by atoms with Gasteiger partial charge in [-0.2, -0.15) is 0 Å². The van der Waals surface area contributed by atoms with E-state index in [1.165, 1.54) is 0 Å². The molecular weight excluding hydrogens is 166 g/mol. The van der Waals surface area contributed by atoms with Crippen LogP contribution in [0.2, 0.25) is 0 Å². The van der Waals surface area contributed by atoms with Crippen LogP contribution in [-0.4, -0.2) is 24.4 Å². The molecule has 4 heteroatoms. The highest BCUT2D eigenvalue weighted by Gasteiger charge is 2.42. The minimum Gasteiger partial charge on any atom is -0.367 e. The number of ether oxygens (including phenoxy) is 1. The molecule has 0 amide bonds. The Labute approximate surface area is 69.9 Å². The second-order valence-corrected chi connectivity index (χ2v) is 3.51. The normalized spacial score (nSPS) is 28.4. The van der Waals surface area contributed by atoms with Crippen LogP contribution in [0.1, 0.15) is 20.3 Å². The highest BCUT2D eigenvalue weighted by atomic mass is 19.3. The first-order valence-corrected chi connectivity index (χ1v) is 3.90. The van der Waals surface area contributed by atoms with Crippen LogP contribution in [0.25, 0.3) is 0 Å². The van der Waals surface area contributed by atoms with Crippen LogP contribution >= 0.6 is 0 Å². The number of ketones is 1. The first-order valence-electron chi connectivity index (χ1n) is 3.90. The van der Waals surface area contributed by atoms with E-state index in [0.29, 0.717) is 0 Å². The third-order valence-corrected chi connectivity index (χ3v) is 2.07. The third kappa shape index (κ3) is 1.80. The van der Waals surface area contributed by atoms with Gasteiger partial charge in [-0.15, -0.1) is 0 Å². The van der Waals surface area contributed by atoms with Crippen LogP contribution in [0.5, 0.6) is 0 Å². The van der Waals surface area contributed by atoms with E-state index in [1.807, 2.05) is 0 Å². The standard InChI is InChI=1S/C8H12F2O2/c1-8(2)7(11)5(4-12-8)3-6(9)10/h5-6H,3-4H2,1-2H3. The van der Waals surface area contributed by atoms with E-state index >= 15 is 0 Å². The van der Waals surface area contributed by atoms with Crippen LogP contribution in [0.15, 0.2) is 0 Å². The number of hydrogen-bond donors (Lipinski definition) is 0. The summed E-state index contributed by atoms with van der Waals surface area (Å²) < 4.78 is 28.9. The molecule has 1 heterocycles. The van der Waals surface area contributed by atoms with Crippen LogP contribution < -0.4 is 0 Å². The first-order chi connectivity index (χ1) is 5.43. The minimum absolute atomic E-state index is 0.135. The van der Waals surface area contributed by atoms with Crippen molar-refractivity contribution in [2.45, 2.75) is 32.3 Å². The summed E-state index contributed by atoms with van der Waals surface area (Å²) in [5.41, 5.74) is -0.862. The zero-order valence-corrected chi connectivity index (χ0v) is 7.14. The molecule has 1 fully saturated rings. The van der Waals surface area contributed by atoms with Crippen LogP contribution in [0.4, 0.5) is 8.78 Å². The number of carbonyl (C=O) groups excluding carboxylic acids is 1. The van der Waals surface area contributed by atoms with Gasteiger partial charge in [0, 0.05) is 12.3 Å². The molecule has 1 aliphatic rings. The lowest BCUT2D eigenvalue weighted by Crippen LogP contribution is -2.30. The summed E-state index contributed by atoms with van der Waals surface area (Å²) in [6.07, 6.45) is -2.79. The Balaban J connectivity index is 2.56. The van der Waals surface area contributed by atoms with Gasteiger partial charge in [-0.05, 0) is 13.8 Å². The maximum atomic E-state index is 11.9. The van der Waals surface area contributed by atoms with Gasteiger partial charge in [0.05, 0.1) is 6.61 Å². The number of alkyl halides is 2. The van der Waals surface area contributed by atoms with Crippen molar-refractivity contribution in [3.63, 3.8) is 0 Å². The van der Waals surface area contributed by atoms with Crippen molar-refractivity contribution in [2.75, 3.05) is 6.61 Å². The Bertz CT molecular complexity index is 189. The summed E-state index contributed by atoms with van der Waals surface area (Å²) >= 11 is 0. The smallest absolute Gasteiger partial charge is 0.239 e. The summed E-state index contributed by atoms with van der Waals surface area (Å²) in [5.74, 6) is -0.817. The molecule has 0 aromatic rings. The molecule has 12 heavy (non-hydrogen) atoms. The van der Waals surface area contributed by atoms with Crippen molar-refractivity contribution >= 4 is 5.78 Å². The summed E-state index contributed by atoms with van der Waals surface area (Å²) in [5, 5.41) is 0. The van der Waals surface area contributed by atoms with Gasteiger partial charge >= 0.3 is 0 Å². The van der Waals surface area contributed by atoms with E-state index in [0.717, 1.165) is 0 Å². The molecule has 0 radical (unpaired) electrons. The molecule has 1 atom stereocenters. The lowest BCUT2D eigenvalue weighted by atomic mass is 9.94. The van der Waals surface area contributed by atoms with Gasteiger partial charge in [0.2, 0.25) is 6.43 Å². The fourth-order valence-electron chi connectivity index (χ4n) is 1.34. The van der Waals surface area contributed by atoms with E-state index < -0.39 is 17.9 Å². The average molecular weight is 178 g/mol. The van der Waals surface area contributed by atoms with Crippen molar-refractivity contribution in [3.8, 4) is 0 Å². The van der Waals surface area contributed by atoms with Gasteiger partial charge in [-0.25, -0.2) is 8.78 Å². The fourth-order valence-corrected chi connectivity index (χ4v) is 1.34. The highest BCUT2D eigenvalue weighted by molar-refractivity contribution is 5.90. The van der Waals surface area contributed by atoms with Crippen LogP contribution in [0.3, 0.4) is 0 Å². The van der Waals surface area contributed by atoms with Crippen molar-refractivity contribution in [2.24, 2.45) is 5.92 Å². The molecule has 0 aliphatic carbocycles. The average Bonchev–Trinajstić information content (AvgIpc) is 2.15. The molecule has 1 unspecified atom stereocenters. The zero-order chi connectivity index (χ0) is 9.35. The number of Topliss-reactive ketones (excluding diaryl/α,β-unsaturated/α-hetero) is 1. The molecule has 0 spiro atoms. The lowest BCUT2D eigenvalue weighted by Gasteiger charge is -2.14. The van der Waals surface area contributed by atoms with Crippen molar-refractivity contribution < 1.29 is 18.3 Å². The van der Waals surface area contributed by atoms with Crippen LogP contribution in [0, 0.1) is 5.92 Å². The molecule has 0 bridgehead atoms. The summed E-state index contributed by atoms with van der Waals surface area (Å²) in [4.78, 5) is 11.3. The minimum atomic E-state index is -2.42. The molecule has 2 nitrogen and oxygen atoms in total. The maximum absolute atomic E-state index is 11.9. The van der Waals surface area contributed by atoms with Gasteiger partial charge in [0.1, 0.15) is 5.60 Å². The lowest BCUT2D eigenvalue weighted by molar-refractivity contribution is -0.130. The second-order valence-electron chi connectivity index (χ2n) is 3.51. The predicted molar refractivity (Wildman–Crippen MR) is 39.1 cm³/mol. The van der Waals surface area contributed by atoms with Gasteiger partial charge in [0.15, 0.2) is 5.78 Å². The number of carbonyl (C=O) groups is 1. The Hall–Kier alpha value is -0.510. The van der Waals surface area contributed by atoms with Gasteiger partial charge in [0.25, 0.3) is 0 Å². The molecule has 0 N–H and O–H groups in total. The van der Waals surface area contributed by atoms with Crippen LogP contribution in [-0.2, 0) is 9.53 Å². The Morgan fingerprint density at radius 1 is 1.67 bits per heavy atom. The molecule has 0 aromatic heterocycles. The van der Waals surface area contributed by atoms with E-state index in [1.54, 1.807) is 13.8 Å². The maximum Gasteiger partial charge on any atom is 0.239 e. The number of halogens is 2. The van der Waals surface area contributed by atoms with Crippen molar-refractivity contribution in [3.05, 3.63) is 0 Å². The number of hydrogen-bond acceptors (Lipinski definition) is 2. The van der Waals surface area contributed by atoms with E-state index in [9.17, 15) is 13.6 Å². The zero-order valence-electron chi connectivity index (χ0n) is 7.14. The Morgan fingerprint density at radius 2 is 2.25 bits per heavy atom. The van der Waals surface area contributed by atoms with E-state index in [4.69, 9.17) is 4.74 Å². The van der Waals surface area contributed by atoms with Crippen molar-refractivity contribution in [1.82, 2.24) is 0 Å². The summed E-state index contributed by atoms with van der Waals surface area (Å²) in [6, 6.07) is 0. The van der Waals surface area contributed by atoms with E-state index in [-0.39, 0.29) is 18.8 Å². The molecule has 1 saturated heterocycles. The van der Waals surface area contributed by atoms with Gasteiger partial charge < -0.3 is 4.74 Å². The SMILES string of the molecule is CC1(C)OCC(CC(F)F)C1=O. The van der Waals surface area contributed by atoms with E-state index in [2.05, 4.69) is 0 Å². The highest BCUT2D eigenvalue weighted by Crippen LogP contribution is 2.28. The largest absolute Gasteiger partial charge is 0.367 e. The quantitative estimate of drug-likeness (QED) is 0.642. The fraction of sp³-hybridized carbons (Fsp3) is 0.875. The number of rotatable bonds is 2. The summed E-state index contributed by atoms with van der Waals surface area (Å²) in [6.45, 7) is 3.36. The Morgan fingerprint density at radius 3 is 2.58 bits per heavy atom. The monoisotopic (exact) mass is 178 g/mol. The Kier molecular flexibility index (Phi) is 2.46. The third-order valence-electron chi connectivity index (χ3n) is 2.07. The predicted octanol–water partition coefficient (Wildman–Crippen LogP) is 1.64. The molecular formula is C8H12F2O2. The first kappa shape index (κ1) is 9.58. The molecule has 1 rings (SSSR count). The summed E-state index contributed by atoms with van der Waals surface area (Å²) in [7, 11) is 0. The topological polar surface area (TPSA) is 26.3 Å². The molecule has 0 saturated carbocycles. The molecule has 70 valence electrons. The van der Waals surface area contributed by atoms with Crippen molar-refractivity contribution in [1.29, 1.82) is 0 Å². The second kappa shape index (κ2) is 3.09.